The van der Waals surface area contributed by atoms with Crippen molar-refractivity contribution in [3.05, 3.63) is 233 Å². The summed E-state index contributed by atoms with van der Waals surface area (Å²) in [6, 6.07) is 52.3. The van der Waals surface area contributed by atoms with Gasteiger partial charge in [-0.3, -0.25) is 37.6 Å². The van der Waals surface area contributed by atoms with E-state index < -0.39 is 0 Å². The zero-order valence-corrected chi connectivity index (χ0v) is 79.2. The zero-order chi connectivity index (χ0) is 90.4. The molecule has 0 saturated carbocycles. The summed E-state index contributed by atoms with van der Waals surface area (Å²) in [5.74, 6) is 0. The molecule has 0 aliphatic rings. The number of benzene rings is 16. The lowest BCUT2D eigenvalue weighted by molar-refractivity contribution is 0.570. The van der Waals surface area contributed by atoms with Crippen molar-refractivity contribution in [2.24, 2.45) is 0 Å². The number of rotatable bonds is 0. The third kappa shape index (κ3) is 9.88. The SMILES string of the molecule is CC(C)(C)c1cc2c(cn1)nc1c3c4cc(C(C)(C)C)c5ccc6ccc7c(C(C)(C)C)cc(c3c(=O)n21)c1c7c6c5c41.CC(C)(C)c1cc2nc3c4c5cc(C(C)(C)C)c6ccc7ccc8c(C(C)(C)C)cc(c4c(=O)n3c2cn1)c1c8c7c6c51.CC(C)(C)c1ccc2c(c1)nc1c3c4cc(C(C)(C)C)c5ccc6ccc7c(C(C)(C)C)cc(c3c(=O)n21)c1c7c6c5c41. The summed E-state index contributed by atoms with van der Waals surface area (Å²) in [7, 11) is 0. The number of pyridine rings is 2. The lowest BCUT2D eigenvalue weighted by Crippen LogP contribution is -2.14. The minimum absolute atomic E-state index is 0.000505. The molecule has 27 aromatic rings. The third-order valence-electron chi connectivity index (χ3n) is 30.2. The van der Waals surface area contributed by atoms with Crippen LogP contribution in [0.5, 0.6) is 0 Å². The Morgan fingerprint density at radius 3 is 0.752 bits per heavy atom. The highest BCUT2D eigenvalue weighted by molar-refractivity contribution is 6.53. The molecule has 0 atom stereocenters. The topological polar surface area (TPSA) is 129 Å². The molecule has 8 aromatic heterocycles. The van der Waals surface area contributed by atoms with E-state index in [1.54, 1.807) is 0 Å². The minimum Gasteiger partial charge on any atom is -0.268 e. The number of nitrogens with zero attached hydrogens (tertiary/aromatic N) is 8. The summed E-state index contributed by atoms with van der Waals surface area (Å²) in [5.41, 5.74) is 17.4. The largest absolute Gasteiger partial charge is 0.268 e. The second kappa shape index (κ2) is 23.8. The molecule has 0 fully saturated rings. The van der Waals surface area contributed by atoms with E-state index in [-0.39, 0.29) is 65.4 Å². The van der Waals surface area contributed by atoms with Gasteiger partial charge in [0.25, 0.3) is 16.7 Å². The van der Waals surface area contributed by atoms with Gasteiger partial charge in [-0.15, -0.1) is 0 Å². The summed E-state index contributed by atoms with van der Waals surface area (Å²) in [4.78, 5) is 69.4. The van der Waals surface area contributed by atoms with Gasteiger partial charge in [0.2, 0.25) is 0 Å². The summed E-state index contributed by atoms with van der Waals surface area (Å²) >= 11 is 0. The van der Waals surface area contributed by atoms with Crippen LogP contribution in [-0.4, -0.2) is 38.1 Å². The molecule has 636 valence electrons. The van der Waals surface area contributed by atoms with Crippen LogP contribution in [0.4, 0.5) is 0 Å². The van der Waals surface area contributed by atoms with Gasteiger partial charge in [0.15, 0.2) is 0 Å². The summed E-state index contributed by atoms with van der Waals surface area (Å²) in [5, 5.41) is 43.0. The van der Waals surface area contributed by atoms with Crippen LogP contribution < -0.4 is 16.7 Å². The molecule has 0 radical (unpaired) electrons. The van der Waals surface area contributed by atoms with Crippen LogP contribution in [0.1, 0.15) is 237 Å². The maximum Gasteiger partial charge on any atom is 0.265 e. The molecular weight excluding hydrogens is 1580 g/mol. The van der Waals surface area contributed by atoms with Crippen LogP contribution in [0, 0.1) is 0 Å². The highest BCUT2D eigenvalue weighted by Gasteiger charge is 2.39. The Morgan fingerprint density at radius 1 is 0.202 bits per heavy atom. The van der Waals surface area contributed by atoms with E-state index in [1.165, 1.54) is 168 Å². The second-order valence-corrected chi connectivity index (χ2v) is 47.9. The van der Waals surface area contributed by atoms with Gasteiger partial charge in [0.1, 0.15) is 22.5 Å². The standard InChI is InChI=1S/C40H36N2O.2C39H35N3O/c1-38(2,3)20-12-15-28-27(16-20)41-36-34-23-17-25(39(4,5)6)21-13-10-19-11-14-22-26(40(7,8)9)18-24(35(34)37(43)42(28)36)33-31(22)29(19)30(21)32(23)33;1-37(2,3)23-14-21-31-29-19(23)12-10-18-11-13-20-24(38(4,5)6)15-22(32(31)30(20)28(18)29)34-33(21)35-41-25-17-40-27(39(7,8)9)16-26(25)42(35)36(34)43;1-37(2,3)23-14-21-31-29-19(23)12-10-18-11-13-20-24(38(4,5)6)15-22(32(31)30(20)28(18)29)34-33(21)35-41-25-16-27(39(7,8)9)40-17-26(25)42(35)36(34)43/h10-18H,1-9H3;2*10-17H,1-9H3. The van der Waals surface area contributed by atoms with Crippen molar-refractivity contribution in [1.82, 2.24) is 38.1 Å². The van der Waals surface area contributed by atoms with Gasteiger partial charge >= 0.3 is 0 Å². The molecule has 11 nitrogen and oxygen atoms in total. The van der Waals surface area contributed by atoms with E-state index in [4.69, 9.17) is 24.9 Å². The van der Waals surface area contributed by atoms with E-state index in [9.17, 15) is 14.4 Å². The smallest absolute Gasteiger partial charge is 0.265 e. The predicted molar refractivity (Wildman–Crippen MR) is 550 cm³/mol. The van der Waals surface area contributed by atoms with Gasteiger partial charge < -0.3 is 0 Å². The lowest BCUT2D eigenvalue weighted by atomic mass is 9.80. The molecule has 11 heteroatoms. The Bertz CT molecular complexity index is 9250. The number of fused-ring (bicyclic) bond motifs is 21. The maximum absolute atomic E-state index is 14.8. The zero-order valence-electron chi connectivity index (χ0n) is 79.2. The van der Waals surface area contributed by atoms with Crippen molar-refractivity contribution >= 4 is 244 Å². The molecule has 27 rings (SSSR count). The van der Waals surface area contributed by atoms with Gasteiger partial charge in [-0.25, -0.2) is 15.0 Å². The third-order valence-corrected chi connectivity index (χ3v) is 30.2. The quantitative estimate of drug-likeness (QED) is 0.137. The van der Waals surface area contributed by atoms with Gasteiger partial charge in [0, 0.05) is 38.4 Å². The highest BCUT2D eigenvalue weighted by atomic mass is 16.1. The lowest BCUT2D eigenvalue weighted by Gasteiger charge is -2.23. The average Bonchev–Trinajstić information content (AvgIpc) is 1.50. The number of aromatic nitrogens is 8. The first-order valence-corrected chi connectivity index (χ1v) is 46.3. The van der Waals surface area contributed by atoms with Crippen molar-refractivity contribution in [3.63, 3.8) is 0 Å². The van der Waals surface area contributed by atoms with Crippen LogP contribution >= 0.6 is 0 Å². The molecule has 0 aliphatic carbocycles. The van der Waals surface area contributed by atoms with Crippen molar-refractivity contribution in [2.45, 2.75) is 236 Å². The first kappa shape index (κ1) is 78.4. The average molecular weight is 1680 g/mol. The molecule has 0 bridgehead atoms. The fourth-order valence-electron chi connectivity index (χ4n) is 24.1. The van der Waals surface area contributed by atoms with Crippen LogP contribution in [0.3, 0.4) is 0 Å². The van der Waals surface area contributed by atoms with Gasteiger partial charge in [-0.1, -0.05) is 266 Å². The summed E-state index contributed by atoms with van der Waals surface area (Å²) in [6.45, 7) is 60.8. The van der Waals surface area contributed by atoms with Crippen molar-refractivity contribution in [2.75, 3.05) is 0 Å². The number of hydrogen-bond acceptors (Lipinski definition) is 8. The highest BCUT2D eigenvalue weighted by Crippen LogP contribution is 2.60. The van der Waals surface area contributed by atoms with E-state index >= 15 is 0 Å². The van der Waals surface area contributed by atoms with E-state index in [1.807, 2.05) is 25.6 Å². The Labute approximate surface area is 746 Å². The van der Waals surface area contributed by atoms with E-state index in [2.05, 4.69) is 326 Å². The Morgan fingerprint density at radius 2 is 0.457 bits per heavy atom. The normalized spacial score (nSPS) is 14.3. The first-order valence-electron chi connectivity index (χ1n) is 46.3. The number of imidazole rings is 3. The maximum atomic E-state index is 14.8. The molecule has 0 unspecified atom stereocenters. The molecule has 0 aliphatic heterocycles. The monoisotopic (exact) mass is 1680 g/mol. The Hall–Kier alpha value is -12.9. The van der Waals surface area contributed by atoms with Crippen LogP contribution in [0.25, 0.3) is 244 Å². The fourth-order valence-corrected chi connectivity index (χ4v) is 24.1. The number of hydrogen-bond donors (Lipinski definition) is 0. The molecule has 19 aromatic carbocycles. The molecule has 8 heterocycles. The molecule has 129 heavy (non-hydrogen) atoms. The van der Waals surface area contributed by atoms with E-state index in [0.717, 1.165) is 126 Å². The Balaban J connectivity index is 0.000000105. The van der Waals surface area contributed by atoms with Gasteiger partial charge in [0.05, 0.1) is 56.1 Å². The van der Waals surface area contributed by atoms with Crippen LogP contribution in [-0.2, 0) is 48.7 Å². The first-order chi connectivity index (χ1) is 60.5. The predicted octanol–water partition coefficient (Wildman–Crippen LogP) is 30.0. The van der Waals surface area contributed by atoms with Crippen molar-refractivity contribution < 1.29 is 0 Å². The second-order valence-electron chi connectivity index (χ2n) is 47.9. The molecular formula is C118H106N8O3. The molecule has 0 spiro atoms. The summed E-state index contributed by atoms with van der Waals surface area (Å²) in [6.07, 6.45) is 3.69. The Kier molecular flexibility index (Phi) is 14.5. The van der Waals surface area contributed by atoms with Crippen LogP contribution in [0.2, 0.25) is 0 Å². The van der Waals surface area contributed by atoms with Gasteiger partial charge in [-0.05, 0) is 299 Å². The van der Waals surface area contributed by atoms with Gasteiger partial charge in [-0.2, -0.15) is 0 Å². The van der Waals surface area contributed by atoms with Crippen LogP contribution in [0.15, 0.2) is 166 Å². The summed E-state index contributed by atoms with van der Waals surface area (Å²) < 4.78 is 5.58. The van der Waals surface area contributed by atoms with E-state index in [0.29, 0.717) is 0 Å². The molecule has 0 amide bonds. The molecule has 0 N–H and O–H groups in total. The minimum atomic E-state index is -0.142. The molecule has 0 saturated heterocycles. The fraction of sp³-hybridized carbons (Fsp3) is 0.305. The van der Waals surface area contributed by atoms with Crippen molar-refractivity contribution in [3.8, 4) is 0 Å². The van der Waals surface area contributed by atoms with Crippen molar-refractivity contribution in [1.29, 1.82) is 0 Å².